The summed E-state index contributed by atoms with van der Waals surface area (Å²) in [6.07, 6.45) is -1.97. The zero-order valence-corrected chi connectivity index (χ0v) is 11.4. The fourth-order valence-electron chi connectivity index (χ4n) is 2.28. The van der Waals surface area contributed by atoms with Gasteiger partial charge in [0.05, 0.1) is 17.3 Å². The number of primary amides is 1. The van der Waals surface area contributed by atoms with Crippen LogP contribution in [-0.2, 0) is 6.18 Å². The second-order valence-corrected chi connectivity index (χ2v) is 4.85. The van der Waals surface area contributed by atoms with E-state index in [1.54, 1.807) is 0 Å². The number of benzene rings is 1. The highest BCUT2D eigenvalue weighted by molar-refractivity contribution is 5.98. The van der Waals surface area contributed by atoms with Gasteiger partial charge in [-0.15, -0.1) is 0 Å². The van der Waals surface area contributed by atoms with Crippen LogP contribution in [0.2, 0.25) is 0 Å². The summed E-state index contributed by atoms with van der Waals surface area (Å²) in [6, 6.07) is 3.02. The van der Waals surface area contributed by atoms with E-state index in [4.69, 9.17) is 5.73 Å². The van der Waals surface area contributed by atoms with Gasteiger partial charge in [-0.3, -0.25) is 14.7 Å². The Morgan fingerprint density at radius 2 is 1.96 bits per heavy atom. The Bertz CT molecular complexity index is 972. The number of fused-ring (bicyclic) bond motifs is 1. The van der Waals surface area contributed by atoms with E-state index in [0.717, 1.165) is 18.2 Å². The summed E-state index contributed by atoms with van der Waals surface area (Å²) in [5.41, 5.74) is 3.74. The molecule has 2 aromatic heterocycles. The highest BCUT2D eigenvalue weighted by Gasteiger charge is 2.32. The summed E-state index contributed by atoms with van der Waals surface area (Å²) < 4.78 is 39.1. The van der Waals surface area contributed by atoms with Crippen LogP contribution in [0.1, 0.15) is 15.9 Å². The third-order valence-corrected chi connectivity index (χ3v) is 3.37. The van der Waals surface area contributed by atoms with Crippen molar-refractivity contribution in [2.45, 2.75) is 6.18 Å². The molecule has 3 rings (SSSR count). The molecule has 0 aliphatic heterocycles. The Morgan fingerprint density at radius 3 is 2.61 bits per heavy atom. The molecule has 0 radical (unpaired) electrons. The molecule has 118 valence electrons. The van der Waals surface area contributed by atoms with Gasteiger partial charge in [-0.2, -0.15) is 18.3 Å². The second kappa shape index (κ2) is 4.97. The summed E-state index contributed by atoms with van der Waals surface area (Å²) in [4.78, 5) is 25.1. The fraction of sp³-hybridized carbons (Fsp3) is 0.0714. The average molecular weight is 322 g/mol. The summed E-state index contributed by atoms with van der Waals surface area (Å²) in [6.45, 7) is 0. The maximum atomic E-state index is 13.0. The van der Waals surface area contributed by atoms with Crippen molar-refractivity contribution in [3.05, 3.63) is 52.1 Å². The van der Waals surface area contributed by atoms with Gasteiger partial charge >= 0.3 is 6.18 Å². The first-order valence-corrected chi connectivity index (χ1v) is 6.34. The van der Waals surface area contributed by atoms with Gasteiger partial charge in [-0.1, -0.05) is 0 Å². The van der Waals surface area contributed by atoms with Crippen LogP contribution in [0.4, 0.5) is 13.2 Å². The molecule has 1 aromatic carbocycles. The number of carbonyl (C=O) groups is 1. The minimum atomic E-state index is -4.55. The van der Waals surface area contributed by atoms with E-state index < -0.39 is 23.2 Å². The number of nitrogens with zero attached hydrogens (tertiary/aromatic N) is 1. The number of aromatic nitrogens is 3. The number of alkyl halides is 3. The molecule has 0 saturated heterocycles. The Kier molecular flexibility index (Phi) is 3.20. The summed E-state index contributed by atoms with van der Waals surface area (Å²) >= 11 is 0. The summed E-state index contributed by atoms with van der Waals surface area (Å²) in [7, 11) is 0. The molecule has 0 aliphatic carbocycles. The van der Waals surface area contributed by atoms with E-state index >= 15 is 0 Å². The predicted molar refractivity (Wildman–Crippen MR) is 75.7 cm³/mol. The molecule has 0 spiro atoms. The molecule has 2 heterocycles. The highest BCUT2D eigenvalue weighted by atomic mass is 19.4. The number of halogens is 3. The van der Waals surface area contributed by atoms with Crippen molar-refractivity contribution in [2.75, 3.05) is 0 Å². The predicted octanol–water partition coefficient (Wildman–Crippen LogP) is 2.04. The molecule has 0 bridgehead atoms. The normalized spacial score (nSPS) is 11.8. The van der Waals surface area contributed by atoms with Crippen LogP contribution in [0.5, 0.6) is 0 Å². The number of pyridine rings is 1. The lowest BCUT2D eigenvalue weighted by Crippen LogP contribution is -2.23. The Balaban J connectivity index is 2.31. The first-order valence-electron chi connectivity index (χ1n) is 6.34. The number of nitrogens with two attached hydrogens (primary N) is 1. The molecule has 0 fully saturated rings. The first kappa shape index (κ1) is 14.8. The lowest BCUT2D eigenvalue weighted by atomic mass is 9.99. The molecule has 1 amide bonds. The number of amides is 1. The van der Waals surface area contributed by atoms with Crippen LogP contribution in [0.3, 0.4) is 0 Å². The van der Waals surface area contributed by atoms with Crippen LogP contribution in [-0.4, -0.2) is 21.1 Å². The van der Waals surface area contributed by atoms with E-state index in [9.17, 15) is 22.8 Å². The average Bonchev–Trinajstić information content (AvgIpc) is 2.94. The molecule has 6 nitrogen and oxygen atoms in total. The van der Waals surface area contributed by atoms with E-state index in [1.165, 1.54) is 12.4 Å². The lowest BCUT2D eigenvalue weighted by molar-refractivity contribution is -0.137. The lowest BCUT2D eigenvalue weighted by Gasteiger charge is -2.11. The third-order valence-electron chi connectivity index (χ3n) is 3.37. The first-order chi connectivity index (χ1) is 10.8. The van der Waals surface area contributed by atoms with Crippen LogP contribution < -0.4 is 11.3 Å². The molecule has 0 saturated carbocycles. The van der Waals surface area contributed by atoms with E-state index in [-0.39, 0.29) is 22.2 Å². The van der Waals surface area contributed by atoms with Gasteiger partial charge in [-0.05, 0) is 29.3 Å². The number of carbonyl (C=O) groups excluding carboxylic acids is 1. The van der Waals surface area contributed by atoms with Crippen molar-refractivity contribution in [1.29, 1.82) is 0 Å². The zero-order valence-electron chi connectivity index (χ0n) is 11.4. The maximum Gasteiger partial charge on any atom is 0.416 e. The molecule has 0 aliphatic rings. The van der Waals surface area contributed by atoms with E-state index in [1.807, 2.05) is 0 Å². The molecular formula is C14H9F3N4O2. The number of nitrogens with one attached hydrogen (secondary N) is 2. The Hall–Kier alpha value is -3.10. The van der Waals surface area contributed by atoms with Crippen molar-refractivity contribution in [2.24, 2.45) is 5.73 Å². The number of hydrogen-bond acceptors (Lipinski definition) is 3. The Morgan fingerprint density at radius 1 is 1.22 bits per heavy atom. The van der Waals surface area contributed by atoms with Crippen LogP contribution in [0.25, 0.3) is 22.0 Å². The van der Waals surface area contributed by atoms with Gasteiger partial charge < -0.3 is 10.7 Å². The standard InChI is InChI=1S/C14H9F3N4O2/c15-14(16,17)7-2-8(10-5-20-21-11(10)3-7)6-1-9(12(18)22)13(23)19-4-6/h1-5H,(H2,18,22)(H,19,23)(H,20,21). The van der Waals surface area contributed by atoms with Crippen LogP contribution in [0.15, 0.2) is 35.4 Å². The number of aromatic amines is 2. The minimum absolute atomic E-state index is 0.169. The number of hydrogen-bond donors (Lipinski definition) is 3. The van der Waals surface area contributed by atoms with E-state index in [2.05, 4.69) is 15.2 Å². The zero-order chi connectivity index (χ0) is 16.8. The van der Waals surface area contributed by atoms with Crippen molar-refractivity contribution in [3.8, 4) is 11.1 Å². The number of rotatable bonds is 2. The quantitative estimate of drug-likeness (QED) is 0.672. The molecule has 0 atom stereocenters. The summed E-state index contributed by atoms with van der Waals surface area (Å²) in [5, 5.41) is 6.62. The van der Waals surface area contributed by atoms with Crippen LogP contribution in [0, 0.1) is 0 Å². The Labute approximate surface area is 126 Å². The molecule has 9 heteroatoms. The molecule has 3 aromatic rings. The van der Waals surface area contributed by atoms with Crippen molar-refractivity contribution >= 4 is 16.8 Å². The van der Waals surface area contributed by atoms with Gasteiger partial charge in [0.1, 0.15) is 5.56 Å². The van der Waals surface area contributed by atoms with Gasteiger partial charge in [0, 0.05) is 11.6 Å². The van der Waals surface area contributed by atoms with Crippen molar-refractivity contribution < 1.29 is 18.0 Å². The van der Waals surface area contributed by atoms with Gasteiger partial charge in [-0.25, -0.2) is 0 Å². The van der Waals surface area contributed by atoms with Crippen LogP contribution >= 0.6 is 0 Å². The summed E-state index contributed by atoms with van der Waals surface area (Å²) in [5.74, 6) is -0.969. The topological polar surface area (TPSA) is 105 Å². The smallest absolute Gasteiger partial charge is 0.365 e. The molecular weight excluding hydrogens is 313 g/mol. The van der Waals surface area contributed by atoms with Gasteiger partial charge in [0.15, 0.2) is 0 Å². The highest BCUT2D eigenvalue weighted by Crippen LogP contribution is 2.36. The fourth-order valence-corrected chi connectivity index (χ4v) is 2.28. The van der Waals surface area contributed by atoms with E-state index in [0.29, 0.717) is 5.39 Å². The monoisotopic (exact) mass is 322 g/mol. The molecule has 4 N–H and O–H groups in total. The molecule has 23 heavy (non-hydrogen) atoms. The largest absolute Gasteiger partial charge is 0.416 e. The van der Waals surface area contributed by atoms with Gasteiger partial charge in [0.2, 0.25) is 0 Å². The second-order valence-electron chi connectivity index (χ2n) is 4.85. The minimum Gasteiger partial charge on any atom is -0.365 e. The SMILES string of the molecule is NC(=O)c1cc(-c2cc(C(F)(F)F)cc3[nH]ncc23)c[nH]c1=O. The third kappa shape index (κ3) is 2.56. The van der Waals surface area contributed by atoms with Gasteiger partial charge in [0.25, 0.3) is 11.5 Å². The van der Waals surface area contributed by atoms with Crippen molar-refractivity contribution in [1.82, 2.24) is 15.2 Å². The number of H-pyrrole nitrogens is 2. The van der Waals surface area contributed by atoms with Crippen molar-refractivity contribution in [3.63, 3.8) is 0 Å². The molecule has 0 unspecified atom stereocenters. The maximum absolute atomic E-state index is 13.0.